The molecule has 0 aliphatic rings. The van der Waals surface area contributed by atoms with Crippen LogP contribution in [0.3, 0.4) is 0 Å². The Kier molecular flexibility index (Phi) is 4.30. The minimum absolute atomic E-state index is 0.646. The number of methoxy groups -OCH3 is 1. The minimum atomic E-state index is 0.646. The molecule has 5 nitrogen and oxygen atoms in total. The number of aromatic nitrogens is 2. The van der Waals surface area contributed by atoms with Crippen LogP contribution in [0.2, 0.25) is 0 Å². The SMILES string of the molecule is CNCc1nccc(N(C)c2ccccc2OC)n1. The number of hydrogen-bond donors (Lipinski definition) is 1. The third-order valence-corrected chi connectivity index (χ3v) is 2.82. The predicted molar refractivity (Wildman–Crippen MR) is 75.9 cm³/mol. The van der Waals surface area contributed by atoms with E-state index in [-0.39, 0.29) is 0 Å². The lowest BCUT2D eigenvalue weighted by molar-refractivity contribution is 0.415. The molecule has 0 aliphatic carbocycles. The van der Waals surface area contributed by atoms with E-state index in [0.717, 1.165) is 23.1 Å². The van der Waals surface area contributed by atoms with Crippen molar-refractivity contribution < 1.29 is 4.74 Å². The van der Waals surface area contributed by atoms with E-state index in [0.29, 0.717) is 6.54 Å². The minimum Gasteiger partial charge on any atom is -0.495 e. The summed E-state index contributed by atoms with van der Waals surface area (Å²) in [7, 11) is 5.50. The Bertz CT molecular complexity index is 544. The summed E-state index contributed by atoms with van der Waals surface area (Å²) in [5, 5.41) is 3.04. The van der Waals surface area contributed by atoms with Crippen LogP contribution in [0.15, 0.2) is 36.5 Å². The van der Waals surface area contributed by atoms with Crippen LogP contribution in [0.4, 0.5) is 11.5 Å². The molecule has 0 radical (unpaired) electrons. The van der Waals surface area contributed by atoms with Gasteiger partial charge in [0.15, 0.2) is 0 Å². The molecule has 19 heavy (non-hydrogen) atoms. The largest absolute Gasteiger partial charge is 0.495 e. The molecule has 0 saturated carbocycles. The summed E-state index contributed by atoms with van der Waals surface area (Å²) in [6, 6.07) is 9.73. The maximum absolute atomic E-state index is 5.37. The summed E-state index contributed by atoms with van der Waals surface area (Å²) in [5.41, 5.74) is 0.971. The molecule has 0 amide bonds. The Morgan fingerprint density at radius 3 is 2.79 bits per heavy atom. The number of hydrogen-bond acceptors (Lipinski definition) is 5. The molecule has 2 aromatic rings. The second kappa shape index (κ2) is 6.15. The first-order valence-electron chi connectivity index (χ1n) is 6.09. The second-order valence-corrected chi connectivity index (χ2v) is 4.09. The van der Waals surface area contributed by atoms with Crippen LogP contribution >= 0.6 is 0 Å². The van der Waals surface area contributed by atoms with Gasteiger partial charge in [0.1, 0.15) is 17.4 Å². The second-order valence-electron chi connectivity index (χ2n) is 4.09. The topological polar surface area (TPSA) is 50.3 Å². The van der Waals surface area contributed by atoms with E-state index < -0.39 is 0 Å². The fraction of sp³-hybridized carbons (Fsp3) is 0.286. The molecular weight excluding hydrogens is 240 g/mol. The number of benzene rings is 1. The van der Waals surface area contributed by atoms with Crippen LogP contribution in [0.25, 0.3) is 0 Å². The average Bonchev–Trinajstić information content (AvgIpc) is 2.47. The van der Waals surface area contributed by atoms with Crippen molar-refractivity contribution in [3.8, 4) is 5.75 Å². The summed E-state index contributed by atoms with van der Waals surface area (Å²) in [5.74, 6) is 2.42. The molecule has 2 rings (SSSR count). The monoisotopic (exact) mass is 258 g/mol. The Balaban J connectivity index is 2.32. The third-order valence-electron chi connectivity index (χ3n) is 2.82. The van der Waals surface area contributed by atoms with Crippen molar-refractivity contribution in [3.05, 3.63) is 42.4 Å². The number of para-hydroxylation sites is 2. The first kappa shape index (κ1) is 13.3. The highest BCUT2D eigenvalue weighted by atomic mass is 16.5. The summed E-state index contributed by atoms with van der Waals surface area (Å²) in [6.07, 6.45) is 1.76. The molecule has 0 spiro atoms. The van der Waals surface area contributed by atoms with Gasteiger partial charge in [0.05, 0.1) is 19.3 Å². The zero-order chi connectivity index (χ0) is 13.7. The molecule has 1 N–H and O–H groups in total. The lowest BCUT2D eigenvalue weighted by Gasteiger charge is -2.20. The van der Waals surface area contributed by atoms with Crippen molar-refractivity contribution in [2.75, 3.05) is 26.1 Å². The summed E-state index contributed by atoms with van der Waals surface area (Å²) >= 11 is 0. The molecule has 100 valence electrons. The molecule has 0 fully saturated rings. The van der Waals surface area contributed by atoms with Gasteiger partial charge in [-0.2, -0.15) is 0 Å². The lowest BCUT2D eigenvalue weighted by atomic mass is 10.2. The van der Waals surface area contributed by atoms with Gasteiger partial charge in [-0.1, -0.05) is 12.1 Å². The Morgan fingerprint density at radius 2 is 2.05 bits per heavy atom. The maximum Gasteiger partial charge on any atom is 0.144 e. The lowest BCUT2D eigenvalue weighted by Crippen LogP contribution is -2.15. The van der Waals surface area contributed by atoms with E-state index >= 15 is 0 Å². The van der Waals surface area contributed by atoms with Gasteiger partial charge in [-0.15, -0.1) is 0 Å². The normalized spacial score (nSPS) is 10.3. The first-order valence-corrected chi connectivity index (χ1v) is 6.09. The van der Waals surface area contributed by atoms with E-state index in [1.54, 1.807) is 13.3 Å². The fourth-order valence-electron chi connectivity index (χ4n) is 1.85. The number of nitrogens with one attached hydrogen (secondary N) is 1. The van der Waals surface area contributed by atoms with Gasteiger partial charge in [-0.25, -0.2) is 9.97 Å². The predicted octanol–water partition coefficient (Wildman–Crippen LogP) is 1.97. The number of anilines is 2. The van der Waals surface area contributed by atoms with Gasteiger partial charge < -0.3 is 15.0 Å². The first-order chi connectivity index (χ1) is 9.26. The Morgan fingerprint density at radius 1 is 1.26 bits per heavy atom. The number of nitrogens with zero attached hydrogens (tertiary/aromatic N) is 3. The van der Waals surface area contributed by atoms with E-state index in [9.17, 15) is 0 Å². The van der Waals surface area contributed by atoms with Crippen molar-refractivity contribution in [2.45, 2.75) is 6.54 Å². The van der Waals surface area contributed by atoms with E-state index in [4.69, 9.17) is 4.74 Å². The average molecular weight is 258 g/mol. The van der Waals surface area contributed by atoms with Crippen molar-refractivity contribution in [1.82, 2.24) is 15.3 Å². The molecule has 0 saturated heterocycles. The molecule has 0 unspecified atom stereocenters. The van der Waals surface area contributed by atoms with Crippen LogP contribution in [0.1, 0.15) is 5.82 Å². The molecule has 1 aromatic carbocycles. The maximum atomic E-state index is 5.37. The highest BCUT2D eigenvalue weighted by molar-refractivity contribution is 5.66. The van der Waals surface area contributed by atoms with Gasteiger partial charge in [-0.3, -0.25) is 0 Å². The molecule has 0 aliphatic heterocycles. The van der Waals surface area contributed by atoms with Gasteiger partial charge in [-0.05, 0) is 25.2 Å². The zero-order valence-electron chi connectivity index (χ0n) is 11.4. The summed E-state index contributed by atoms with van der Waals surface area (Å²) < 4.78 is 5.37. The Labute approximate surface area is 113 Å². The van der Waals surface area contributed by atoms with Gasteiger partial charge in [0.25, 0.3) is 0 Å². The van der Waals surface area contributed by atoms with Crippen molar-refractivity contribution in [1.29, 1.82) is 0 Å². The standard InChI is InChI=1S/C14H18N4O/c1-15-10-13-16-9-8-14(17-13)18(2)11-6-4-5-7-12(11)19-3/h4-9,15H,10H2,1-3H3. The number of rotatable bonds is 5. The summed E-state index contributed by atoms with van der Waals surface area (Å²) in [4.78, 5) is 10.7. The van der Waals surface area contributed by atoms with Crippen molar-refractivity contribution in [3.63, 3.8) is 0 Å². The van der Waals surface area contributed by atoms with E-state index in [2.05, 4.69) is 15.3 Å². The zero-order valence-corrected chi connectivity index (χ0v) is 11.4. The quantitative estimate of drug-likeness (QED) is 0.888. The summed E-state index contributed by atoms with van der Waals surface area (Å²) in [6.45, 7) is 0.646. The highest BCUT2D eigenvalue weighted by Gasteiger charge is 2.11. The number of ether oxygens (including phenoxy) is 1. The van der Waals surface area contributed by atoms with Crippen molar-refractivity contribution in [2.24, 2.45) is 0 Å². The molecule has 5 heteroatoms. The van der Waals surface area contributed by atoms with Gasteiger partial charge >= 0.3 is 0 Å². The molecule has 1 heterocycles. The van der Waals surface area contributed by atoms with Crippen LogP contribution in [0.5, 0.6) is 5.75 Å². The molecule has 0 bridgehead atoms. The molecular formula is C14H18N4O. The molecule has 1 aromatic heterocycles. The highest BCUT2D eigenvalue weighted by Crippen LogP contribution is 2.30. The van der Waals surface area contributed by atoms with Gasteiger partial charge in [0, 0.05) is 13.2 Å². The molecule has 0 atom stereocenters. The van der Waals surface area contributed by atoms with Crippen LogP contribution in [-0.2, 0) is 6.54 Å². The van der Waals surface area contributed by atoms with Crippen LogP contribution in [0, 0.1) is 0 Å². The van der Waals surface area contributed by atoms with Gasteiger partial charge in [0.2, 0.25) is 0 Å². The van der Waals surface area contributed by atoms with Crippen LogP contribution in [-0.4, -0.2) is 31.2 Å². The smallest absolute Gasteiger partial charge is 0.144 e. The third kappa shape index (κ3) is 3.00. The van der Waals surface area contributed by atoms with E-state index in [1.807, 2.05) is 49.3 Å². The van der Waals surface area contributed by atoms with E-state index in [1.165, 1.54) is 0 Å². The Hall–Kier alpha value is -2.14. The van der Waals surface area contributed by atoms with Crippen LogP contribution < -0.4 is 15.0 Å². The fourth-order valence-corrected chi connectivity index (χ4v) is 1.85. The van der Waals surface area contributed by atoms with Crippen molar-refractivity contribution >= 4 is 11.5 Å².